The van der Waals surface area contributed by atoms with Crippen molar-refractivity contribution in [2.75, 3.05) is 11.9 Å². The summed E-state index contributed by atoms with van der Waals surface area (Å²) in [5.74, 6) is 0. The van der Waals surface area contributed by atoms with Gasteiger partial charge in [0.2, 0.25) is 0 Å². The van der Waals surface area contributed by atoms with Crippen molar-refractivity contribution in [1.82, 2.24) is 14.3 Å². The van der Waals surface area contributed by atoms with E-state index in [1.807, 2.05) is 11.7 Å². The number of aldehydes is 1. The zero-order chi connectivity index (χ0) is 20.4. The number of fused-ring (bicyclic) bond motifs is 2. The molecule has 29 heavy (non-hydrogen) atoms. The first kappa shape index (κ1) is 20.4. The average molecular weight is 458 g/mol. The molecule has 0 unspecified atom stereocenters. The Morgan fingerprint density at radius 3 is 2.93 bits per heavy atom. The summed E-state index contributed by atoms with van der Waals surface area (Å²) in [6, 6.07) is 6.47. The Hall–Kier alpha value is -1.92. The summed E-state index contributed by atoms with van der Waals surface area (Å²) in [6.07, 6.45) is 5.79. The molecule has 5 nitrogen and oxygen atoms in total. The molecular formula is C23H28BrN3O2. The number of para-hydroxylation sites is 1. The highest BCUT2D eigenvalue weighted by Crippen LogP contribution is 2.38. The normalized spacial score (nSPS) is 14.6. The quantitative estimate of drug-likeness (QED) is 0.397. The molecule has 1 aliphatic heterocycles. The molecule has 0 N–H and O–H groups in total. The molecule has 0 saturated carbocycles. The van der Waals surface area contributed by atoms with Gasteiger partial charge in [-0.2, -0.15) is 5.10 Å². The smallest absolute Gasteiger partial charge is 0.166 e. The summed E-state index contributed by atoms with van der Waals surface area (Å²) in [4.78, 5) is 12.2. The highest BCUT2D eigenvalue weighted by molar-refractivity contribution is 9.09. The van der Waals surface area contributed by atoms with Gasteiger partial charge in [-0.1, -0.05) is 41.1 Å². The van der Waals surface area contributed by atoms with Crippen LogP contribution >= 0.6 is 15.9 Å². The average Bonchev–Trinajstić information content (AvgIpc) is 3.21. The lowest BCUT2D eigenvalue weighted by atomic mass is 9.97. The number of rotatable bonds is 5. The molecular weight excluding hydrogens is 430 g/mol. The molecule has 1 aromatic carbocycles. The summed E-state index contributed by atoms with van der Waals surface area (Å²) in [6.45, 7) is 4.26. The lowest BCUT2D eigenvalue weighted by molar-refractivity contribution is 0.110. The van der Waals surface area contributed by atoms with Crippen LogP contribution in [-0.2, 0) is 37.8 Å². The van der Waals surface area contributed by atoms with Crippen molar-refractivity contribution in [3.63, 3.8) is 0 Å². The maximum absolute atomic E-state index is 12.2. The molecule has 4 rings (SSSR count). The fraction of sp³-hybridized carbons (Fsp3) is 0.478. The highest BCUT2D eigenvalue weighted by Gasteiger charge is 2.24. The molecule has 1 aliphatic rings. The first-order valence-corrected chi connectivity index (χ1v) is 11.6. The number of alkyl halides is 1. The monoisotopic (exact) mass is 457 g/mol. The van der Waals surface area contributed by atoms with Crippen LogP contribution in [0.5, 0.6) is 0 Å². The van der Waals surface area contributed by atoms with Crippen molar-refractivity contribution in [2.24, 2.45) is 7.05 Å². The maximum atomic E-state index is 12.2. The van der Waals surface area contributed by atoms with Crippen molar-refractivity contribution in [3.05, 3.63) is 40.8 Å². The number of carbonyl (C=O) groups is 1. The SMILES string of the molecule is CCc1nn(C)c2c1-c1cccc3c(CCCBr)c(C=O)n(c13)CCCCOC2. The number of hydrogen-bond donors (Lipinski definition) is 0. The Balaban J connectivity index is 2.07. The fourth-order valence-corrected chi connectivity index (χ4v) is 4.84. The lowest BCUT2D eigenvalue weighted by Crippen LogP contribution is -2.06. The summed E-state index contributed by atoms with van der Waals surface area (Å²) >= 11 is 3.55. The van der Waals surface area contributed by atoms with Crippen LogP contribution in [0.15, 0.2) is 18.2 Å². The molecule has 3 aromatic rings. The second kappa shape index (κ2) is 8.84. The van der Waals surface area contributed by atoms with Crippen molar-refractivity contribution in [3.8, 4) is 11.1 Å². The minimum atomic E-state index is 0.562. The number of benzene rings is 1. The molecule has 0 aliphatic carbocycles. The second-order valence-electron chi connectivity index (χ2n) is 7.63. The third-order valence-corrected chi connectivity index (χ3v) is 6.47. The van der Waals surface area contributed by atoms with Crippen LogP contribution in [0, 0.1) is 0 Å². The molecule has 0 spiro atoms. The largest absolute Gasteiger partial charge is 0.375 e. The zero-order valence-corrected chi connectivity index (χ0v) is 18.8. The number of halogens is 1. The molecule has 3 heterocycles. The lowest BCUT2D eigenvalue weighted by Gasteiger charge is -2.12. The third-order valence-electron chi connectivity index (χ3n) is 5.90. The predicted octanol–water partition coefficient (Wildman–Crippen LogP) is 5.05. The van der Waals surface area contributed by atoms with Crippen LogP contribution in [0.2, 0.25) is 0 Å². The minimum Gasteiger partial charge on any atom is -0.375 e. The first-order valence-electron chi connectivity index (χ1n) is 10.5. The number of carbonyl (C=O) groups excluding carboxylic acids is 1. The van der Waals surface area contributed by atoms with Crippen LogP contribution in [0.3, 0.4) is 0 Å². The van der Waals surface area contributed by atoms with Crippen molar-refractivity contribution >= 4 is 33.1 Å². The van der Waals surface area contributed by atoms with E-state index < -0.39 is 0 Å². The van der Waals surface area contributed by atoms with Gasteiger partial charge in [0.05, 0.1) is 29.2 Å². The third kappa shape index (κ3) is 3.57. The fourth-order valence-electron chi connectivity index (χ4n) is 4.56. The molecule has 0 amide bonds. The van der Waals surface area contributed by atoms with Crippen LogP contribution in [0.1, 0.15) is 53.6 Å². The van der Waals surface area contributed by atoms with Gasteiger partial charge >= 0.3 is 0 Å². The van der Waals surface area contributed by atoms with Gasteiger partial charge in [-0.25, -0.2) is 0 Å². The Bertz CT molecular complexity index is 1030. The van der Waals surface area contributed by atoms with E-state index in [9.17, 15) is 4.79 Å². The van der Waals surface area contributed by atoms with Crippen LogP contribution in [0.25, 0.3) is 22.0 Å². The standard InChI is InChI=1S/C23H28BrN3O2/c1-3-19-22-18-9-6-8-17-16(10-7-11-24)20(14-28)27(23(17)18)12-4-5-13-29-15-21(22)26(2)25-19/h6,8-9,14H,3-5,7,10-13,15H2,1-2H3. The Kier molecular flexibility index (Phi) is 6.20. The highest BCUT2D eigenvalue weighted by atomic mass is 79.9. The van der Waals surface area contributed by atoms with Gasteiger partial charge in [0.15, 0.2) is 6.29 Å². The van der Waals surface area contributed by atoms with E-state index in [1.165, 1.54) is 27.6 Å². The van der Waals surface area contributed by atoms with E-state index in [-0.39, 0.29) is 0 Å². The van der Waals surface area contributed by atoms with E-state index >= 15 is 0 Å². The number of hydrogen-bond acceptors (Lipinski definition) is 3. The van der Waals surface area contributed by atoms with Gasteiger partial charge < -0.3 is 9.30 Å². The minimum absolute atomic E-state index is 0.562. The van der Waals surface area contributed by atoms with E-state index in [0.29, 0.717) is 6.61 Å². The van der Waals surface area contributed by atoms with Crippen LogP contribution < -0.4 is 0 Å². The van der Waals surface area contributed by atoms with Gasteiger partial charge in [0, 0.05) is 42.0 Å². The molecule has 0 saturated heterocycles. The van der Waals surface area contributed by atoms with E-state index in [4.69, 9.17) is 9.84 Å². The van der Waals surface area contributed by atoms with E-state index in [0.717, 1.165) is 74.0 Å². The molecule has 2 aromatic heterocycles. The van der Waals surface area contributed by atoms with Crippen LogP contribution in [0.4, 0.5) is 0 Å². The first-order chi connectivity index (χ1) is 14.2. The van der Waals surface area contributed by atoms with Gasteiger partial charge in [-0.05, 0) is 37.7 Å². The molecule has 0 fully saturated rings. The van der Waals surface area contributed by atoms with Crippen molar-refractivity contribution in [2.45, 2.75) is 52.2 Å². The number of aromatic nitrogens is 3. The van der Waals surface area contributed by atoms with Crippen LogP contribution in [-0.4, -0.2) is 32.6 Å². The molecule has 0 radical (unpaired) electrons. The molecule has 154 valence electrons. The summed E-state index contributed by atoms with van der Waals surface area (Å²) < 4.78 is 10.2. The molecule has 0 atom stereocenters. The number of ether oxygens (including phenoxy) is 1. The second-order valence-corrected chi connectivity index (χ2v) is 8.43. The van der Waals surface area contributed by atoms with E-state index in [2.05, 4.69) is 45.6 Å². The topological polar surface area (TPSA) is 49.0 Å². The maximum Gasteiger partial charge on any atom is 0.166 e. The predicted molar refractivity (Wildman–Crippen MR) is 120 cm³/mol. The summed E-state index contributed by atoms with van der Waals surface area (Å²) in [5.41, 5.74) is 7.71. The molecule has 0 bridgehead atoms. The number of nitrogens with zero attached hydrogens (tertiary/aromatic N) is 3. The summed E-state index contributed by atoms with van der Waals surface area (Å²) in [7, 11) is 2.00. The van der Waals surface area contributed by atoms with Gasteiger partial charge in [0.25, 0.3) is 0 Å². The van der Waals surface area contributed by atoms with Gasteiger partial charge in [-0.15, -0.1) is 0 Å². The van der Waals surface area contributed by atoms with E-state index in [1.54, 1.807) is 0 Å². The Labute approximate surface area is 180 Å². The van der Waals surface area contributed by atoms with Gasteiger partial charge in [0.1, 0.15) is 0 Å². The Morgan fingerprint density at radius 1 is 1.31 bits per heavy atom. The molecule has 6 heteroatoms. The summed E-state index contributed by atoms with van der Waals surface area (Å²) in [5, 5.41) is 6.92. The number of aryl methyl sites for hydroxylation is 4. The van der Waals surface area contributed by atoms with Gasteiger partial charge in [-0.3, -0.25) is 9.48 Å². The van der Waals surface area contributed by atoms with Crippen molar-refractivity contribution < 1.29 is 9.53 Å². The Morgan fingerprint density at radius 2 is 2.17 bits per heavy atom. The van der Waals surface area contributed by atoms with Crippen molar-refractivity contribution in [1.29, 1.82) is 0 Å². The zero-order valence-electron chi connectivity index (χ0n) is 17.2.